The third kappa shape index (κ3) is 3.23. The molecule has 0 aliphatic carbocycles. The van der Waals surface area contributed by atoms with Crippen molar-refractivity contribution in [3.63, 3.8) is 0 Å². The topological polar surface area (TPSA) is 63.4 Å². The van der Waals surface area contributed by atoms with E-state index in [4.69, 9.17) is 46.4 Å². The molecule has 4 nitrogen and oxygen atoms in total. The van der Waals surface area contributed by atoms with Crippen molar-refractivity contribution < 1.29 is 23.2 Å². The molecule has 0 saturated carbocycles. The molecule has 0 fully saturated rings. The Labute approximate surface area is 130 Å². The van der Waals surface area contributed by atoms with Crippen molar-refractivity contribution >= 4 is 52.1 Å². The predicted octanol–water partition coefficient (Wildman–Crippen LogP) is 4.67. The molecule has 0 saturated heterocycles. The third-order valence-electron chi connectivity index (χ3n) is 2.27. The maximum absolute atomic E-state index is 12.6. The zero-order chi connectivity index (χ0) is 15.9. The van der Waals surface area contributed by atoms with Gasteiger partial charge in [-0.05, 0) is 0 Å². The first kappa shape index (κ1) is 17.6. The summed E-state index contributed by atoms with van der Waals surface area (Å²) in [5.74, 6) is 0. The summed E-state index contributed by atoms with van der Waals surface area (Å²) in [4.78, 5) is 9.68. The average Bonchev–Trinajstić information content (AvgIpc) is 2.25. The van der Waals surface area contributed by atoms with Crippen LogP contribution in [0.5, 0.6) is 0 Å². The minimum atomic E-state index is -5.18. The average molecular weight is 373 g/mol. The normalized spacial score (nSPS) is 14.2. The van der Waals surface area contributed by atoms with Crippen molar-refractivity contribution in [1.82, 2.24) is 0 Å². The van der Waals surface area contributed by atoms with Crippen molar-refractivity contribution in [1.29, 1.82) is 0 Å². The van der Waals surface area contributed by atoms with Crippen LogP contribution in [0, 0.1) is 10.1 Å². The molecule has 1 rings (SSSR count). The number of aliphatic hydroxyl groups excluding tert-OH is 1. The summed E-state index contributed by atoms with van der Waals surface area (Å²) in [5.41, 5.74) is -1.21. The van der Waals surface area contributed by atoms with Crippen molar-refractivity contribution in [2.75, 3.05) is 0 Å². The van der Waals surface area contributed by atoms with Gasteiger partial charge in [-0.1, -0.05) is 46.4 Å². The highest BCUT2D eigenvalue weighted by Gasteiger charge is 2.58. The molecule has 20 heavy (non-hydrogen) atoms. The lowest BCUT2D eigenvalue weighted by Crippen LogP contribution is -2.40. The van der Waals surface area contributed by atoms with Crippen LogP contribution in [0.25, 0.3) is 0 Å². The molecule has 1 aromatic rings. The van der Waals surface area contributed by atoms with Crippen LogP contribution in [-0.2, 0) is 0 Å². The summed E-state index contributed by atoms with van der Waals surface area (Å²) in [6.07, 6.45) is -7.70. The van der Waals surface area contributed by atoms with E-state index in [0.717, 1.165) is 12.1 Å². The molecule has 1 atom stereocenters. The molecule has 0 amide bonds. The molecule has 1 unspecified atom stereocenters. The van der Waals surface area contributed by atoms with Crippen LogP contribution in [-0.4, -0.2) is 20.5 Å². The summed E-state index contributed by atoms with van der Waals surface area (Å²) < 4.78 is 34.3. The fourth-order valence-corrected chi connectivity index (χ4v) is 2.17. The minimum absolute atomic E-state index is 0.558. The van der Waals surface area contributed by atoms with Gasteiger partial charge in [0.05, 0.1) is 15.0 Å². The van der Waals surface area contributed by atoms with Gasteiger partial charge in [-0.15, -0.1) is 0 Å². The number of halogens is 7. The standard InChI is InChI=1S/C9H4Cl4F3NO3/c10-4-1-3(17(19)20)2-5(11)6(4)7(18)8(12,13)9(14,15)16/h1-2,7,18H. The second-order valence-corrected chi connectivity index (χ2v) is 5.80. The van der Waals surface area contributed by atoms with E-state index in [0.29, 0.717) is 0 Å². The number of hydrogen-bond acceptors (Lipinski definition) is 3. The van der Waals surface area contributed by atoms with Crippen molar-refractivity contribution in [2.24, 2.45) is 0 Å². The van der Waals surface area contributed by atoms with Crippen LogP contribution in [0.3, 0.4) is 0 Å². The maximum atomic E-state index is 12.6. The molecular weight excluding hydrogens is 369 g/mol. The Balaban J connectivity index is 3.38. The van der Waals surface area contributed by atoms with E-state index in [1.807, 2.05) is 0 Å². The first-order valence-electron chi connectivity index (χ1n) is 4.65. The minimum Gasteiger partial charge on any atom is -0.385 e. The van der Waals surface area contributed by atoms with Crippen LogP contribution in [0.1, 0.15) is 11.7 Å². The Hall–Kier alpha value is -0.470. The summed E-state index contributed by atoms with van der Waals surface area (Å²) in [7, 11) is 0. The van der Waals surface area contributed by atoms with Crippen LogP contribution < -0.4 is 0 Å². The Morgan fingerprint density at radius 1 is 1.20 bits per heavy atom. The van der Waals surface area contributed by atoms with Crippen LogP contribution in [0.4, 0.5) is 18.9 Å². The first-order valence-corrected chi connectivity index (χ1v) is 6.16. The zero-order valence-electron chi connectivity index (χ0n) is 9.09. The van der Waals surface area contributed by atoms with Crippen LogP contribution in [0.15, 0.2) is 12.1 Å². The van der Waals surface area contributed by atoms with Gasteiger partial charge in [-0.2, -0.15) is 13.2 Å². The number of rotatable bonds is 3. The zero-order valence-corrected chi connectivity index (χ0v) is 12.1. The molecule has 0 aromatic heterocycles. The lowest BCUT2D eigenvalue weighted by Gasteiger charge is -2.29. The van der Waals surface area contributed by atoms with Gasteiger partial charge in [-0.25, -0.2) is 0 Å². The Morgan fingerprint density at radius 2 is 1.60 bits per heavy atom. The number of nitrogens with zero attached hydrogens (tertiary/aromatic N) is 1. The second-order valence-electron chi connectivity index (χ2n) is 3.60. The van der Waals surface area contributed by atoms with Gasteiger partial charge >= 0.3 is 6.18 Å². The van der Waals surface area contributed by atoms with Crippen LogP contribution >= 0.6 is 46.4 Å². The highest BCUT2D eigenvalue weighted by Crippen LogP contribution is 2.51. The molecule has 112 valence electrons. The number of non-ortho nitro benzene ring substituents is 1. The number of hydrogen-bond donors (Lipinski definition) is 1. The Morgan fingerprint density at radius 3 is 1.90 bits per heavy atom. The van der Waals surface area contributed by atoms with Gasteiger partial charge in [0, 0.05) is 17.7 Å². The molecule has 1 N–H and O–H groups in total. The van der Waals surface area contributed by atoms with Gasteiger partial charge in [0.1, 0.15) is 6.10 Å². The SMILES string of the molecule is O=[N+]([O-])c1cc(Cl)c(C(O)C(Cl)(Cl)C(F)(F)F)c(Cl)c1. The molecule has 0 aliphatic rings. The fourth-order valence-electron chi connectivity index (χ4n) is 1.27. The number of benzene rings is 1. The van der Waals surface area contributed by atoms with Gasteiger partial charge in [0.25, 0.3) is 5.69 Å². The Bertz CT molecular complexity index is 527. The fraction of sp³-hybridized carbons (Fsp3) is 0.333. The van der Waals surface area contributed by atoms with Gasteiger partial charge in [0.2, 0.25) is 4.33 Å². The molecule has 0 radical (unpaired) electrons. The number of nitro groups is 1. The maximum Gasteiger partial charge on any atom is 0.424 e. The van der Waals surface area contributed by atoms with E-state index in [9.17, 15) is 28.4 Å². The summed E-state index contributed by atoms with van der Waals surface area (Å²) in [6.45, 7) is 0. The lowest BCUT2D eigenvalue weighted by molar-refractivity contribution is -0.384. The van der Waals surface area contributed by atoms with Gasteiger partial charge < -0.3 is 5.11 Å². The first-order chi connectivity index (χ1) is 8.89. The number of aliphatic hydroxyl groups is 1. The van der Waals surface area contributed by atoms with E-state index in [1.165, 1.54) is 0 Å². The van der Waals surface area contributed by atoms with Crippen molar-refractivity contribution in [3.8, 4) is 0 Å². The quantitative estimate of drug-likeness (QED) is 0.476. The van der Waals surface area contributed by atoms with E-state index in [1.54, 1.807) is 0 Å². The largest absolute Gasteiger partial charge is 0.424 e. The summed E-state index contributed by atoms with van der Waals surface area (Å²) >= 11 is 21.4. The third-order valence-corrected chi connectivity index (χ3v) is 3.74. The molecule has 11 heteroatoms. The lowest BCUT2D eigenvalue weighted by atomic mass is 10.0. The second kappa shape index (κ2) is 5.73. The Kier molecular flexibility index (Phi) is 5.04. The molecule has 1 aromatic carbocycles. The highest BCUT2D eigenvalue weighted by molar-refractivity contribution is 6.50. The smallest absolute Gasteiger partial charge is 0.385 e. The van der Waals surface area contributed by atoms with E-state index < -0.39 is 42.8 Å². The molecular formula is C9H4Cl4F3NO3. The summed E-state index contributed by atoms with van der Waals surface area (Å²) in [5, 5.41) is 19.1. The molecule has 0 spiro atoms. The predicted molar refractivity (Wildman–Crippen MR) is 68.6 cm³/mol. The van der Waals surface area contributed by atoms with E-state index >= 15 is 0 Å². The number of alkyl halides is 5. The summed E-state index contributed by atoms with van der Waals surface area (Å²) in [6, 6.07) is 1.46. The van der Waals surface area contributed by atoms with Crippen molar-refractivity contribution in [2.45, 2.75) is 16.6 Å². The number of nitro benzene ring substituents is 1. The van der Waals surface area contributed by atoms with Crippen molar-refractivity contribution in [3.05, 3.63) is 37.9 Å². The monoisotopic (exact) mass is 371 g/mol. The van der Waals surface area contributed by atoms with Gasteiger partial charge in [-0.3, -0.25) is 10.1 Å². The highest BCUT2D eigenvalue weighted by atomic mass is 35.5. The molecule has 0 bridgehead atoms. The van der Waals surface area contributed by atoms with E-state index in [2.05, 4.69) is 0 Å². The van der Waals surface area contributed by atoms with Gasteiger partial charge in [0.15, 0.2) is 0 Å². The molecule has 0 aliphatic heterocycles. The van der Waals surface area contributed by atoms with Crippen LogP contribution in [0.2, 0.25) is 10.0 Å². The molecule has 0 heterocycles. The van der Waals surface area contributed by atoms with E-state index in [-0.39, 0.29) is 0 Å².